The Hall–Kier alpha value is -3.04. The molecule has 3 aromatic carbocycles. The summed E-state index contributed by atoms with van der Waals surface area (Å²) in [6.07, 6.45) is 2.15. The van der Waals surface area contributed by atoms with Crippen molar-refractivity contribution in [3.05, 3.63) is 95.6 Å². The first kappa shape index (κ1) is 29.5. The van der Waals surface area contributed by atoms with Gasteiger partial charge in [-0.2, -0.15) is 4.31 Å². The molecule has 2 aliphatic rings. The first-order chi connectivity index (χ1) is 19.6. The summed E-state index contributed by atoms with van der Waals surface area (Å²) in [6, 6.07) is 24.7. The van der Waals surface area contributed by atoms with Gasteiger partial charge in [0.2, 0.25) is 15.9 Å². The van der Waals surface area contributed by atoms with Crippen LogP contribution in [0.4, 0.5) is 5.69 Å². The molecule has 0 saturated carbocycles. The monoisotopic (exact) mass is 575 g/mol. The van der Waals surface area contributed by atoms with Crippen molar-refractivity contribution in [1.29, 1.82) is 0 Å². The van der Waals surface area contributed by atoms with E-state index in [0.717, 1.165) is 36.2 Å². The number of aryl methyl sites for hydroxylation is 1. The average molecular weight is 576 g/mol. The van der Waals surface area contributed by atoms with Crippen LogP contribution in [0.15, 0.2) is 83.8 Å². The Morgan fingerprint density at radius 3 is 2.39 bits per heavy atom. The highest BCUT2D eigenvalue weighted by Crippen LogP contribution is 2.35. The number of hydrogen-bond acceptors (Lipinski definition) is 5. The third kappa shape index (κ3) is 7.07. The Morgan fingerprint density at radius 2 is 1.71 bits per heavy atom. The standard InChI is InChI=1S/C33H41N3O4S/c1-25(2)28-12-14-29(15-13-28)34-32(37)21-35-19-7-18-33(23-35)24-36(41(38,39)31-16-10-26(3)11-17-31)30(22-40-33)20-27-8-5-4-6-9-27/h4-6,8-17,25,30H,7,18-24H2,1-3H3,(H,34,37)/t30-,33+/m0/s1. The van der Waals surface area contributed by atoms with E-state index in [-0.39, 0.29) is 25.0 Å². The van der Waals surface area contributed by atoms with E-state index in [1.165, 1.54) is 5.56 Å². The van der Waals surface area contributed by atoms with Crippen molar-refractivity contribution in [1.82, 2.24) is 9.21 Å². The molecule has 41 heavy (non-hydrogen) atoms. The van der Waals surface area contributed by atoms with Crippen LogP contribution in [0.1, 0.15) is 49.3 Å². The summed E-state index contributed by atoms with van der Waals surface area (Å²) < 4.78 is 36.3. The molecule has 0 radical (unpaired) electrons. The zero-order valence-corrected chi connectivity index (χ0v) is 25.1. The highest BCUT2D eigenvalue weighted by molar-refractivity contribution is 7.89. The van der Waals surface area contributed by atoms with Crippen molar-refractivity contribution in [3.8, 4) is 0 Å². The van der Waals surface area contributed by atoms with Crippen LogP contribution in [0.3, 0.4) is 0 Å². The number of benzene rings is 3. The van der Waals surface area contributed by atoms with Crippen LogP contribution in [0.25, 0.3) is 0 Å². The molecule has 1 N–H and O–H groups in total. The van der Waals surface area contributed by atoms with Gasteiger partial charge in [-0.05, 0) is 74.0 Å². The fraction of sp³-hybridized carbons (Fsp3) is 0.424. The number of likely N-dealkylation sites (tertiary alicyclic amines) is 1. The Bertz CT molecular complexity index is 1430. The number of sulfonamides is 1. The van der Waals surface area contributed by atoms with Crippen molar-refractivity contribution in [2.45, 2.75) is 62.5 Å². The minimum Gasteiger partial charge on any atom is -0.371 e. The quantitative estimate of drug-likeness (QED) is 0.398. The van der Waals surface area contributed by atoms with Crippen LogP contribution in [0, 0.1) is 6.92 Å². The lowest BCUT2D eigenvalue weighted by Gasteiger charge is -2.50. The molecule has 0 bridgehead atoms. The van der Waals surface area contributed by atoms with Crippen LogP contribution in [0.5, 0.6) is 0 Å². The number of carbonyl (C=O) groups is 1. The van der Waals surface area contributed by atoms with Gasteiger partial charge in [0.15, 0.2) is 0 Å². The number of rotatable bonds is 8. The smallest absolute Gasteiger partial charge is 0.243 e. The van der Waals surface area contributed by atoms with E-state index in [9.17, 15) is 13.2 Å². The number of piperidine rings is 1. The molecule has 0 aliphatic carbocycles. The molecular formula is C33H41N3O4S. The minimum atomic E-state index is -3.76. The molecule has 5 rings (SSSR count). The summed E-state index contributed by atoms with van der Waals surface area (Å²) in [6.45, 7) is 8.31. The second kappa shape index (κ2) is 12.4. The number of carbonyl (C=O) groups excluding carboxylic acids is 1. The molecule has 2 atom stereocenters. The molecule has 218 valence electrons. The highest BCUT2D eigenvalue weighted by atomic mass is 32.2. The molecule has 1 spiro atoms. The van der Waals surface area contributed by atoms with E-state index in [0.29, 0.717) is 30.4 Å². The highest BCUT2D eigenvalue weighted by Gasteiger charge is 2.47. The number of anilines is 1. The van der Waals surface area contributed by atoms with Crippen molar-refractivity contribution in [2.75, 3.05) is 38.1 Å². The lowest BCUT2D eigenvalue weighted by molar-refractivity contribution is -0.144. The molecule has 0 aromatic heterocycles. The zero-order valence-electron chi connectivity index (χ0n) is 24.3. The Balaban J connectivity index is 1.32. The molecule has 0 unspecified atom stereocenters. The lowest BCUT2D eigenvalue weighted by Crippen LogP contribution is -2.64. The van der Waals surface area contributed by atoms with Gasteiger partial charge in [-0.25, -0.2) is 8.42 Å². The van der Waals surface area contributed by atoms with Crippen LogP contribution < -0.4 is 5.32 Å². The molecule has 3 aromatic rings. The average Bonchev–Trinajstić information content (AvgIpc) is 2.95. The van der Waals surface area contributed by atoms with Gasteiger partial charge in [0, 0.05) is 18.8 Å². The van der Waals surface area contributed by atoms with Gasteiger partial charge in [-0.15, -0.1) is 0 Å². The molecular weight excluding hydrogens is 534 g/mol. The lowest BCUT2D eigenvalue weighted by atomic mass is 9.90. The maximum Gasteiger partial charge on any atom is 0.243 e. The summed E-state index contributed by atoms with van der Waals surface area (Å²) in [5.41, 5.74) is 3.43. The van der Waals surface area contributed by atoms with E-state index in [4.69, 9.17) is 4.74 Å². The molecule has 7 nitrogen and oxygen atoms in total. The molecule has 2 heterocycles. The normalized spacial score (nSPS) is 22.2. The Morgan fingerprint density at radius 1 is 1.00 bits per heavy atom. The summed E-state index contributed by atoms with van der Waals surface area (Å²) in [4.78, 5) is 15.4. The Kier molecular flexibility index (Phi) is 8.94. The summed E-state index contributed by atoms with van der Waals surface area (Å²) in [5, 5.41) is 3.01. The number of ether oxygens (including phenoxy) is 1. The van der Waals surface area contributed by atoms with Crippen LogP contribution >= 0.6 is 0 Å². The summed E-state index contributed by atoms with van der Waals surface area (Å²) in [5.74, 6) is 0.350. The van der Waals surface area contributed by atoms with Gasteiger partial charge >= 0.3 is 0 Å². The number of hydrogen-bond donors (Lipinski definition) is 1. The van der Waals surface area contributed by atoms with Gasteiger partial charge < -0.3 is 10.1 Å². The molecule has 2 saturated heterocycles. The number of nitrogens with zero attached hydrogens (tertiary/aromatic N) is 2. The SMILES string of the molecule is Cc1ccc(S(=O)(=O)N2C[C@]3(CCCN(CC(=O)Nc4ccc(C(C)C)cc4)C3)OC[C@@H]2Cc2ccccc2)cc1. The zero-order chi connectivity index (χ0) is 29.0. The summed E-state index contributed by atoms with van der Waals surface area (Å²) >= 11 is 0. The molecule has 1 amide bonds. The van der Waals surface area contributed by atoms with E-state index in [1.807, 2.05) is 73.7 Å². The van der Waals surface area contributed by atoms with Gasteiger partial charge in [0.25, 0.3) is 0 Å². The first-order valence-corrected chi connectivity index (χ1v) is 16.0. The van der Waals surface area contributed by atoms with E-state index in [1.54, 1.807) is 16.4 Å². The largest absolute Gasteiger partial charge is 0.371 e. The maximum absolute atomic E-state index is 14.0. The van der Waals surface area contributed by atoms with Crippen LogP contribution in [-0.2, 0) is 26.0 Å². The second-order valence-corrected chi connectivity index (χ2v) is 13.7. The Labute approximate surface area is 244 Å². The van der Waals surface area contributed by atoms with E-state index in [2.05, 4.69) is 24.1 Å². The number of nitrogens with one attached hydrogen (secondary N) is 1. The van der Waals surface area contributed by atoms with Crippen LogP contribution in [0.2, 0.25) is 0 Å². The van der Waals surface area contributed by atoms with Gasteiger partial charge in [0.1, 0.15) is 0 Å². The predicted octanol–water partition coefficient (Wildman–Crippen LogP) is 5.22. The second-order valence-electron chi connectivity index (χ2n) is 11.8. The minimum absolute atomic E-state index is 0.0822. The van der Waals surface area contributed by atoms with E-state index < -0.39 is 15.6 Å². The first-order valence-electron chi connectivity index (χ1n) is 14.5. The van der Waals surface area contributed by atoms with Crippen molar-refractivity contribution < 1.29 is 17.9 Å². The molecule has 2 fully saturated rings. The van der Waals surface area contributed by atoms with Gasteiger partial charge in [-0.3, -0.25) is 9.69 Å². The van der Waals surface area contributed by atoms with Crippen molar-refractivity contribution in [2.24, 2.45) is 0 Å². The molecule has 2 aliphatic heterocycles. The predicted molar refractivity (Wildman–Crippen MR) is 163 cm³/mol. The topological polar surface area (TPSA) is 79.0 Å². The fourth-order valence-corrected chi connectivity index (χ4v) is 7.60. The third-order valence-electron chi connectivity index (χ3n) is 8.22. The molecule has 8 heteroatoms. The maximum atomic E-state index is 14.0. The van der Waals surface area contributed by atoms with Crippen molar-refractivity contribution >= 4 is 21.6 Å². The summed E-state index contributed by atoms with van der Waals surface area (Å²) in [7, 11) is -3.76. The number of morpholine rings is 1. The van der Waals surface area contributed by atoms with Crippen LogP contribution in [-0.4, -0.2) is 68.0 Å². The number of amides is 1. The fourth-order valence-electron chi connectivity index (χ4n) is 5.92. The van der Waals surface area contributed by atoms with Crippen molar-refractivity contribution in [3.63, 3.8) is 0 Å². The third-order valence-corrected chi connectivity index (χ3v) is 10.1. The van der Waals surface area contributed by atoms with E-state index >= 15 is 0 Å². The van der Waals surface area contributed by atoms with Gasteiger partial charge in [-0.1, -0.05) is 74.0 Å². The van der Waals surface area contributed by atoms with Gasteiger partial charge in [0.05, 0.1) is 29.7 Å².